The molecule has 0 aliphatic rings. The van der Waals surface area contributed by atoms with Crippen molar-refractivity contribution in [1.29, 1.82) is 0 Å². The number of ether oxygens (including phenoxy) is 2. The van der Waals surface area contributed by atoms with Crippen LogP contribution < -0.4 is 5.73 Å². The van der Waals surface area contributed by atoms with Gasteiger partial charge in [0.15, 0.2) is 0 Å². The van der Waals surface area contributed by atoms with Crippen molar-refractivity contribution in [2.75, 3.05) is 20.6 Å². The Balaban J connectivity index is 2.05. The Morgan fingerprint density at radius 2 is 1.34 bits per heavy atom. The molecule has 35 heavy (non-hydrogen) atoms. The Morgan fingerprint density at radius 3 is 1.77 bits per heavy atom. The van der Waals surface area contributed by atoms with Crippen molar-refractivity contribution in [1.82, 2.24) is 5.06 Å². The molecular weight excluding hydrogens is 481 g/mol. The van der Waals surface area contributed by atoms with Gasteiger partial charge < -0.3 is 20.0 Å². The third kappa shape index (κ3) is 9.57. The van der Waals surface area contributed by atoms with Gasteiger partial charge in [-0.3, -0.25) is 9.05 Å². The van der Waals surface area contributed by atoms with Crippen LogP contribution in [0, 0.1) is 0 Å². The van der Waals surface area contributed by atoms with Crippen molar-refractivity contribution in [2.24, 2.45) is 10.5 Å². The molecule has 0 aliphatic carbocycles. The number of nitrogens with two attached hydrogens (primary N) is 1. The van der Waals surface area contributed by atoms with Gasteiger partial charge in [-0.15, -0.1) is 4.76 Å². The number of esters is 2. The van der Waals surface area contributed by atoms with Gasteiger partial charge in [-0.1, -0.05) is 43.3 Å². The number of carbonyl (C=O) groups excluding carboxylic acids is 3. The first kappa shape index (κ1) is 27.5. The average molecular weight is 507 g/mol. The SMILES string of the molecule is CCCC(=O)ON(C)C(N)=NP(=O)(OCOC(=O)c1ccccc1)OCOC(=O)c1ccccc1. The van der Waals surface area contributed by atoms with E-state index in [0.717, 1.165) is 5.06 Å². The maximum atomic E-state index is 13.1. The normalized spacial score (nSPS) is 11.4. The second kappa shape index (κ2) is 13.9. The van der Waals surface area contributed by atoms with Crippen molar-refractivity contribution in [3.8, 4) is 0 Å². The number of hydroxylamine groups is 2. The van der Waals surface area contributed by atoms with E-state index in [1.807, 2.05) is 0 Å². The smallest absolute Gasteiger partial charge is 0.434 e. The molecule has 0 fully saturated rings. The minimum atomic E-state index is -4.51. The number of hydrogen-bond acceptors (Lipinski definition) is 9. The molecule has 0 aromatic heterocycles. The van der Waals surface area contributed by atoms with Crippen molar-refractivity contribution < 1.29 is 42.3 Å². The van der Waals surface area contributed by atoms with Crippen molar-refractivity contribution >= 4 is 31.6 Å². The fourth-order valence-corrected chi connectivity index (χ4v) is 3.28. The van der Waals surface area contributed by atoms with Crippen LogP contribution in [-0.2, 0) is 32.7 Å². The van der Waals surface area contributed by atoms with Crippen LogP contribution in [0.4, 0.5) is 0 Å². The highest BCUT2D eigenvalue weighted by Gasteiger charge is 2.28. The summed E-state index contributed by atoms with van der Waals surface area (Å²) in [5, 5.41) is 0.767. The van der Waals surface area contributed by atoms with E-state index >= 15 is 0 Å². The Labute approximate surface area is 202 Å². The summed E-state index contributed by atoms with van der Waals surface area (Å²) in [6.07, 6.45) is 0.654. The molecule has 0 heterocycles. The van der Waals surface area contributed by atoms with Gasteiger partial charge in [0.25, 0.3) is 0 Å². The highest BCUT2D eigenvalue weighted by molar-refractivity contribution is 7.52. The lowest BCUT2D eigenvalue weighted by molar-refractivity contribution is -0.169. The van der Waals surface area contributed by atoms with Crippen LogP contribution >= 0.6 is 7.75 Å². The Hall–Kier alpha value is -3.73. The van der Waals surface area contributed by atoms with Crippen LogP contribution in [0.2, 0.25) is 0 Å². The van der Waals surface area contributed by atoms with Crippen LogP contribution in [0.3, 0.4) is 0 Å². The lowest BCUT2D eigenvalue weighted by Gasteiger charge is -2.19. The number of nitrogens with zero attached hydrogens (tertiary/aromatic N) is 2. The first-order chi connectivity index (χ1) is 16.7. The first-order valence-corrected chi connectivity index (χ1v) is 11.9. The summed E-state index contributed by atoms with van der Waals surface area (Å²) in [7, 11) is -3.26. The zero-order chi connectivity index (χ0) is 25.7. The van der Waals surface area contributed by atoms with E-state index in [1.165, 1.54) is 31.3 Å². The second-order valence-corrected chi connectivity index (χ2v) is 8.38. The molecule has 0 saturated carbocycles. The molecule has 188 valence electrons. The van der Waals surface area contributed by atoms with Gasteiger partial charge in [0.1, 0.15) is 0 Å². The molecule has 2 aromatic rings. The largest absolute Gasteiger partial charge is 0.462 e. The number of carbonyl (C=O) groups is 3. The maximum Gasteiger partial charge on any atom is 0.462 e. The number of hydrogen-bond donors (Lipinski definition) is 1. The molecule has 0 bridgehead atoms. The van der Waals surface area contributed by atoms with Gasteiger partial charge in [0.05, 0.1) is 11.1 Å². The van der Waals surface area contributed by atoms with Crippen LogP contribution in [0.5, 0.6) is 0 Å². The maximum absolute atomic E-state index is 13.1. The van der Waals surface area contributed by atoms with Gasteiger partial charge in [0, 0.05) is 13.5 Å². The highest BCUT2D eigenvalue weighted by atomic mass is 31.2. The van der Waals surface area contributed by atoms with E-state index in [9.17, 15) is 18.9 Å². The zero-order valence-corrected chi connectivity index (χ0v) is 20.1. The molecule has 0 amide bonds. The van der Waals surface area contributed by atoms with Gasteiger partial charge >= 0.3 is 25.7 Å². The molecule has 0 radical (unpaired) electrons. The minimum Gasteiger partial charge on any atom is -0.434 e. The Kier molecular flexibility index (Phi) is 10.9. The summed E-state index contributed by atoms with van der Waals surface area (Å²) in [4.78, 5) is 40.8. The summed E-state index contributed by atoms with van der Waals surface area (Å²) in [6, 6.07) is 16.0. The summed E-state index contributed by atoms with van der Waals surface area (Å²) in [6.45, 7) is 0.129. The molecule has 2 rings (SSSR count). The summed E-state index contributed by atoms with van der Waals surface area (Å²) in [5.74, 6) is -2.65. The van der Waals surface area contributed by atoms with Crippen LogP contribution in [0.25, 0.3) is 0 Å². The predicted octanol–water partition coefficient (Wildman–Crippen LogP) is 3.26. The second-order valence-electron chi connectivity index (χ2n) is 6.73. The predicted molar refractivity (Wildman–Crippen MR) is 124 cm³/mol. The fourth-order valence-electron chi connectivity index (χ4n) is 2.34. The third-order valence-electron chi connectivity index (χ3n) is 4.07. The van der Waals surface area contributed by atoms with Gasteiger partial charge in [-0.05, 0) is 30.7 Å². The molecule has 2 N–H and O–H groups in total. The lowest BCUT2D eigenvalue weighted by atomic mass is 10.2. The molecule has 0 unspecified atom stereocenters. The molecular formula is C22H26N3O9P. The van der Waals surface area contributed by atoms with E-state index in [1.54, 1.807) is 43.3 Å². The van der Waals surface area contributed by atoms with Crippen molar-refractivity contribution in [3.63, 3.8) is 0 Å². The number of benzene rings is 2. The van der Waals surface area contributed by atoms with E-state index in [4.69, 9.17) is 29.1 Å². The van der Waals surface area contributed by atoms with E-state index in [2.05, 4.69) is 4.76 Å². The van der Waals surface area contributed by atoms with Crippen molar-refractivity contribution in [2.45, 2.75) is 19.8 Å². The summed E-state index contributed by atoms with van der Waals surface area (Å²) in [5.41, 5.74) is 6.21. The number of rotatable bonds is 11. The first-order valence-electron chi connectivity index (χ1n) is 10.4. The van der Waals surface area contributed by atoms with Gasteiger partial charge in [0.2, 0.25) is 19.5 Å². The minimum absolute atomic E-state index is 0.118. The summed E-state index contributed by atoms with van der Waals surface area (Å²) >= 11 is 0. The van der Waals surface area contributed by atoms with Gasteiger partial charge in [-0.2, -0.15) is 5.06 Å². The standard InChI is InChI=1S/C22H26N3O9P/c1-3-10-19(26)34-25(2)22(23)24-35(29,32-15-30-20(27)17-11-6-4-7-12-17)33-16-31-21(28)18-13-8-5-9-14-18/h4-9,11-14H,3,10,15-16H2,1-2H3,(H2,23,24,29). The van der Waals surface area contributed by atoms with Gasteiger partial charge in [-0.25, -0.2) is 18.9 Å². The molecule has 13 heteroatoms. The third-order valence-corrected chi connectivity index (χ3v) is 5.38. The molecule has 12 nitrogen and oxygen atoms in total. The topological polar surface area (TPSA) is 156 Å². The monoisotopic (exact) mass is 507 g/mol. The average Bonchev–Trinajstić information content (AvgIpc) is 2.85. The van der Waals surface area contributed by atoms with Crippen LogP contribution in [0.1, 0.15) is 40.5 Å². The van der Waals surface area contributed by atoms with E-state index < -0.39 is 45.2 Å². The molecule has 0 saturated heterocycles. The highest BCUT2D eigenvalue weighted by Crippen LogP contribution is 2.50. The molecule has 2 aromatic carbocycles. The van der Waals surface area contributed by atoms with E-state index in [-0.39, 0.29) is 17.5 Å². The van der Waals surface area contributed by atoms with Crippen LogP contribution in [0.15, 0.2) is 65.4 Å². The van der Waals surface area contributed by atoms with Crippen LogP contribution in [-0.4, -0.2) is 49.6 Å². The van der Waals surface area contributed by atoms with Crippen molar-refractivity contribution in [3.05, 3.63) is 71.8 Å². The number of guanidine groups is 1. The Morgan fingerprint density at radius 1 is 0.886 bits per heavy atom. The molecule has 0 atom stereocenters. The zero-order valence-electron chi connectivity index (χ0n) is 19.2. The fraction of sp³-hybridized carbons (Fsp3) is 0.273. The summed E-state index contributed by atoms with van der Waals surface area (Å²) < 4.78 is 36.7. The Bertz CT molecular complexity index is 1000. The molecule has 0 aliphatic heterocycles. The molecule has 0 spiro atoms. The quantitative estimate of drug-likeness (QED) is 0.119. The lowest BCUT2D eigenvalue weighted by Crippen LogP contribution is -2.36. The van der Waals surface area contributed by atoms with E-state index in [0.29, 0.717) is 6.42 Å².